The minimum Gasteiger partial charge on any atom is -0.376 e. The third kappa shape index (κ3) is 6.29. The van der Waals surface area contributed by atoms with Crippen LogP contribution in [-0.4, -0.2) is 60.3 Å². The molecule has 0 aliphatic heterocycles. The first-order valence-corrected chi connectivity index (χ1v) is 9.78. The minimum atomic E-state index is -2.74. The lowest BCUT2D eigenvalue weighted by atomic mass is 10.2. The van der Waals surface area contributed by atoms with E-state index < -0.39 is 8.80 Å². The zero-order chi connectivity index (χ0) is 17.1. The molecule has 24 heavy (non-hydrogen) atoms. The van der Waals surface area contributed by atoms with Gasteiger partial charge in [0.2, 0.25) is 0 Å². The fraction of sp³-hybridized carbons (Fsp3) is 0.529. The van der Waals surface area contributed by atoms with E-state index in [-0.39, 0.29) is 18.1 Å². The highest BCUT2D eigenvalue weighted by molar-refractivity contribution is 6.62. The molecule has 2 N–H and O–H groups in total. The van der Waals surface area contributed by atoms with E-state index >= 15 is 0 Å². The molecule has 138 valence electrons. The lowest BCUT2D eigenvalue weighted by Gasteiger charge is -2.38. The quantitative estimate of drug-likeness (QED) is 0.603. The summed E-state index contributed by atoms with van der Waals surface area (Å²) in [7, 11) is 2.23. The Labute approximate surface area is 153 Å². The number of hydrogen-bond acceptors (Lipinski definition) is 5. The van der Waals surface area contributed by atoms with Crippen molar-refractivity contribution in [2.45, 2.75) is 19.0 Å². The Balaban J connectivity index is 0.00000529. The molecule has 0 saturated carbocycles. The van der Waals surface area contributed by atoms with Gasteiger partial charge in [0, 0.05) is 41.0 Å². The zero-order valence-electron chi connectivity index (χ0n) is 15.1. The van der Waals surface area contributed by atoms with Gasteiger partial charge in [-0.05, 0) is 12.0 Å². The van der Waals surface area contributed by atoms with Crippen LogP contribution in [0.25, 0.3) is 6.08 Å². The van der Waals surface area contributed by atoms with Crippen molar-refractivity contribution in [2.75, 3.05) is 41.0 Å². The van der Waals surface area contributed by atoms with Crippen molar-refractivity contribution in [1.82, 2.24) is 4.90 Å². The van der Waals surface area contributed by atoms with Crippen molar-refractivity contribution in [3.8, 4) is 0 Å². The molecule has 5 nitrogen and oxygen atoms in total. The average Bonchev–Trinajstić information content (AvgIpc) is 2.60. The Morgan fingerprint density at radius 2 is 1.71 bits per heavy atom. The van der Waals surface area contributed by atoms with Gasteiger partial charge in [0.1, 0.15) is 0 Å². The zero-order valence-corrected chi connectivity index (χ0v) is 16.9. The van der Waals surface area contributed by atoms with Crippen molar-refractivity contribution in [1.29, 1.82) is 0 Å². The van der Waals surface area contributed by atoms with Crippen molar-refractivity contribution in [3.05, 3.63) is 42.0 Å². The summed E-state index contributed by atoms with van der Waals surface area (Å²) >= 11 is 0. The summed E-state index contributed by atoms with van der Waals surface area (Å²) < 4.78 is 17.0. The van der Waals surface area contributed by atoms with E-state index in [0.717, 1.165) is 19.5 Å². The maximum Gasteiger partial charge on any atom is 0.518 e. The summed E-state index contributed by atoms with van der Waals surface area (Å²) in [5, 5.41) is 0. The number of nitrogens with zero attached hydrogens (tertiary/aromatic N) is 1. The molecule has 0 radical (unpaired) electrons. The van der Waals surface area contributed by atoms with Gasteiger partial charge in [-0.25, -0.2) is 0 Å². The van der Waals surface area contributed by atoms with Crippen LogP contribution in [0.5, 0.6) is 0 Å². The summed E-state index contributed by atoms with van der Waals surface area (Å²) in [4.78, 5) is 2.28. The molecule has 0 spiro atoms. The van der Waals surface area contributed by atoms with Crippen molar-refractivity contribution < 1.29 is 13.3 Å². The number of hydrogen-bond donors (Lipinski definition) is 1. The molecule has 1 rings (SSSR count). The second-order valence-electron chi connectivity index (χ2n) is 5.24. The lowest BCUT2D eigenvalue weighted by molar-refractivity contribution is 0.0768. The van der Waals surface area contributed by atoms with Gasteiger partial charge in [0.25, 0.3) is 0 Å². The van der Waals surface area contributed by atoms with Crippen LogP contribution in [0.3, 0.4) is 0 Å². The Hall–Kier alpha value is -0.733. The SMILES string of the molecule is CCC(N(C/C=C/c1ccccc1)CCN)[Si](OC)(OC)OC.Cl. The van der Waals surface area contributed by atoms with Crippen molar-refractivity contribution in [3.63, 3.8) is 0 Å². The van der Waals surface area contributed by atoms with E-state index in [1.807, 2.05) is 18.2 Å². The second-order valence-corrected chi connectivity index (χ2v) is 8.33. The normalized spacial score (nSPS) is 13.2. The Morgan fingerprint density at radius 1 is 1.12 bits per heavy atom. The lowest BCUT2D eigenvalue weighted by Crippen LogP contribution is -2.62. The second kappa shape index (κ2) is 12.6. The summed E-state index contributed by atoms with van der Waals surface area (Å²) in [6, 6.07) is 10.2. The van der Waals surface area contributed by atoms with Crippen LogP contribution < -0.4 is 5.73 Å². The van der Waals surface area contributed by atoms with Crippen LogP contribution in [0.4, 0.5) is 0 Å². The molecule has 0 saturated heterocycles. The summed E-state index contributed by atoms with van der Waals surface area (Å²) in [5.74, 6) is 0. The first-order chi connectivity index (χ1) is 11.2. The monoisotopic (exact) mass is 374 g/mol. The fourth-order valence-corrected chi connectivity index (χ4v) is 5.32. The number of nitrogens with two attached hydrogens (primary N) is 1. The predicted octanol–water partition coefficient (Wildman–Crippen LogP) is 2.58. The van der Waals surface area contributed by atoms with Gasteiger partial charge in [-0.3, -0.25) is 4.90 Å². The van der Waals surface area contributed by atoms with Crippen molar-refractivity contribution in [2.24, 2.45) is 5.73 Å². The van der Waals surface area contributed by atoms with Crippen molar-refractivity contribution >= 4 is 27.3 Å². The highest BCUT2D eigenvalue weighted by atomic mass is 35.5. The average molecular weight is 375 g/mol. The van der Waals surface area contributed by atoms with Gasteiger partial charge in [-0.1, -0.05) is 49.4 Å². The molecule has 7 heteroatoms. The number of rotatable bonds is 11. The third-order valence-electron chi connectivity index (χ3n) is 3.96. The van der Waals surface area contributed by atoms with Gasteiger partial charge in [0.15, 0.2) is 0 Å². The van der Waals surface area contributed by atoms with Gasteiger partial charge >= 0.3 is 8.80 Å². The Kier molecular flexibility index (Phi) is 12.2. The Bertz CT molecular complexity index is 450. The fourth-order valence-electron chi connectivity index (χ4n) is 2.82. The number of halogens is 1. The highest BCUT2D eigenvalue weighted by Crippen LogP contribution is 2.20. The first kappa shape index (κ1) is 23.3. The molecular formula is C17H31ClN2O3Si. The maximum absolute atomic E-state index is 5.80. The van der Waals surface area contributed by atoms with Crippen LogP contribution in [0.2, 0.25) is 0 Å². The smallest absolute Gasteiger partial charge is 0.376 e. The topological polar surface area (TPSA) is 57.0 Å². The molecule has 1 atom stereocenters. The third-order valence-corrected chi connectivity index (χ3v) is 7.25. The van der Waals surface area contributed by atoms with Gasteiger partial charge in [-0.2, -0.15) is 0 Å². The largest absolute Gasteiger partial charge is 0.518 e. The molecule has 1 unspecified atom stereocenters. The molecule has 0 fully saturated rings. The standard InChI is InChI=1S/C17H30N2O3Si.ClH/c1-5-17(23(20-2,21-3)22-4)19(15-13-18)14-9-12-16-10-7-6-8-11-16;/h6-12,17H,5,13-15,18H2,1-4H3;1H/b12-9+;. The minimum absolute atomic E-state index is 0. The van der Waals surface area contributed by atoms with E-state index in [4.69, 9.17) is 19.0 Å². The maximum atomic E-state index is 5.80. The van der Waals surface area contributed by atoms with Crippen LogP contribution >= 0.6 is 12.4 Å². The molecule has 0 amide bonds. The molecule has 0 heterocycles. The van der Waals surface area contributed by atoms with E-state index in [1.165, 1.54) is 5.56 Å². The molecule has 0 aliphatic carbocycles. The summed E-state index contributed by atoms with van der Waals surface area (Å²) in [5.41, 5.74) is 7.06. The van der Waals surface area contributed by atoms with E-state index in [2.05, 4.69) is 36.1 Å². The van der Waals surface area contributed by atoms with E-state index in [0.29, 0.717) is 6.54 Å². The number of benzene rings is 1. The molecular weight excluding hydrogens is 344 g/mol. The summed E-state index contributed by atoms with van der Waals surface area (Å²) in [6.45, 7) is 4.24. The van der Waals surface area contributed by atoms with Crippen LogP contribution in [0.1, 0.15) is 18.9 Å². The van der Waals surface area contributed by atoms with Gasteiger partial charge in [0.05, 0.1) is 5.67 Å². The van der Waals surface area contributed by atoms with Crippen LogP contribution in [0.15, 0.2) is 36.4 Å². The molecule has 1 aromatic rings. The first-order valence-electron chi connectivity index (χ1n) is 7.98. The molecule has 0 bridgehead atoms. The van der Waals surface area contributed by atoms with Crippen LogP contribution in [-0.2, 0) is 13.3 Å². The van der Waals surface area contributed by atoms with Gasteiger partial charge < -0.3 is 19.0 Å². The predicted molar refractivity (Wildman–Crippen MR) is 104 cm³/mol. The van der Waals surface area contributed by atoms with Gasteiger partial charge in [-0.15, -0.1) is 12.4 Å². The van der Waals surface area contributed by atoms with E-state index in [9.17, 15) is 0 Å². The molecule has 1 aromatic carbocycles. The van der Waals surface area contributed by atoms with E-state index in [1.54, 1.807) is 21.3 Å². The highest BCUT2D eigenvalue weighted by Gasteiger charge is 2.48. The molecule has 0 aliphatic rings. The Morgan fingerprint density at radius 3 is 2.17 bits per heavy atom. The van der Waals surface area contributed by atoms with Crippen LogP contribution in [0, 0.1) is 0 Å². The molecule has 0 aromatic heterocycles. The summed E-state index contributed by atoms with van der Waals surface area (Å²) in [6.07, 6.45) is 5.14.